The van der Waals surface area contributed by atoms with Gasteiger partial charge in [0.15, 0.2) is 0 Å². The standard InChI is InChI=1S/C13H23NO4/c1-3-13(2,8-15)14-11(16)9-6-4-5-7-10(9)12(17)18/h9-10,15H,3-8H2,1-2H3,(H,14,16)(H,17,18). The van der Waals surface area contributed by atoms with Gasteiger partial charge in [0, 0.05) is 0 Å². The van der Waals surface area contributed by atoms with Gasteiger partial charge in [0.05, 0.1) is 24.0 Å². The molecule has 1 aliphatic carbocycles. The SMILES string of the molecule is CCC(C)(CO)NC(=O)C1CCCCC1C(=O)O. The van der Waals surface area contributed by atoms with E-state index in [9.17, 15) is 14.7 Å². The van der Waals surface area contributed by atoms with Crippen molar-refractivity contribution in [2.24, 2.45) is 11.8 Å². The van der Waals surface area contributed by atoms with Gasteiger partial charge in [-0.25, -0.2) is 0 Å². The second-order valence-corrected chi connectivity index (χ2v) is 5.40. The summed E-state index contributed by atoms with van der Waals surface area (Å²) in [5, 5.41) is 21.2. The summed E-state index contributed by atoms with van der Waals surface area (Å²) in [6, 6.07) is 0. The summed E-state index contributed by atoms with van der Waals surface area (Å²) in [5.41, 5.74) is -0.655. The lowest BCUT2D eigenvalue weighted by Gasteiger charge is -2.33. The van der Waals surface area contributed by atoms with Crippen LogP contribution in [0.2, 0.25) is 0 Å². The molecule has 0 aromatic rings. The molecule has 18 heavy (non-hydrogen) atoms. The molecule has 0 aromatic heterocycles. The third-order valence-corrected chi connectivity index (χ3v) is 3.97. The molecule has 1 saturated carbocycles. The Labute approximate surface area is 108 Å². The summed E-state index contributed by atoms with van der Waals surface area (Å²) in [6.45, 7) is 3.51. The van der Waals surface area contributed by atoms with E-state index in [0.29, 0.717) is 19.3 Å². The Kier molecular flexibility index (Phi) is 5.14. The first kappa shape index (κ1) is 15.0. The van der Waals surface area contributed by atoms with E-state index >= 15 is 0 Å². The fourth-order valence-electron chi connectivity index (χ4n) is 2.37. The van der Waals surface area contributed by atoms with E-state index in [0.717, 1.165) is 12.8 Å². The zero-order chi connectivity index (χ0) is 13.8. The van der Waals surface area contributed by atoms with Crippen molar-refractivity contribution in [3.05, 3.63) is 0 Å². The Morgan fingerprint density at radius 1 is 1.28 bits per heavy atom. The molecule has 3 unspecified atom stereocenters. The van der Waals surface area contributed by atoms with Crippen molar-refractivity contribution in [2.45, 2.75) is 51.5 Å². The Bertz CT molecular complexity index is 312. The van der Waals surface area contributed by atoms with Gasteiger partial charge >= 0.3 is 5.97 Å². The van der Waals surface area contributed by atoms with Gasteiger partial charge in [-0.2, -0.15) is 0 Å². The summed E-state index contributed by atoms with van der Waals surface area (Å²) in [4.78, 5) is 23.3. The first-order valence-corrected chi connectivity index (χ1v) is 6.59. The normalized spacial score (nSPS) is 27.3. The van der Waals surface area contributed by atoms with Crippen LogP contribution in [0.5, 0.6) is 0 Å². The maximum atomic E-state index is 12.2. The van der Waals surface area contributed by atoms with E-state index in [1.165, 1.54) is 0 Å². The van der Waals surface area contributed by atoms with Crippen LogP contribution in [0.15, 0.2) is 0 Å². The lowest BCUT2D eigenvalue weighted by Crippen LogP contribution is -2.52. The molecule has 3 N–H and O–H groups in total. The minimum absolute atomic E-state index is 0.139. The Morgan fingerprint density at radius 3 is 2.28 bits per heavy atom. The third-order valence-electron chi connectivity index (χ3n) is 3.97. The predicted octanol–water partition coefficient (Wildman–Crippen LogP) is 1.15. The van der Waals surface area contributed by atoms with Gasteiger partial charge in [-0.1, -0.05) is 19.8 Å². The Balaban J connectivity index is 2.72. The number of carboxylic acids is 1. The number of hydrogen-bond donors (Lipinski definition) is 3. The van der Waals surface area contributed by atoms with Crippen LogP contribution in [-0.2, 0) is 9.59 Å². The predicted molar refractivity (Wildman–Crippen MR) is 67.0 cm³/mol. The van der Waals surface area contributed by atoms with Crippen molar-refractivity contribution in [1.82, 2.24) is 5.32 Å². The van der Waals surface area contributed by atoms with Crippen LogP contribution >= 0.6 is 0 Å². The van der Waals surface area contributed by atoms with Crippen molar-refractivity contribution in [1.29, 1.82) is 0 Å². The zero-order valence-corrected chi connectivity index (χ0v) is 11.1. The maximum absolute atomic E-state index is 12.2. The van der Waals surface area contributed by atoms with Crippen LogP contribution < -0.4 is 5.32 Å². The molecule has 5 nitrogen and oxygen atoms in total. The van der Waals surface area contributed by atoms with Gasteiger partial charge in [-0.05, 0) is 26.2 Å². The highest BCUT2D eigenvalue weighted by molar-refractivity contribution is 5.85. The first-order valence-electron chi connectivity index (χ1n) is 6.59. The van der Waals surface area contributed by atoms with Crippen LogP contribution in [0.1, 0.15) is 46.0 Å². The van der Waals surface area contributed by atoms with Crippen LogP contribution in [0.3, 0.4) is 0 Å². The molecule has 0 saturated heterocycles. The highest BCUT2D eigenvalue weighted by Gasteiger charge is 2.37. The van der Waals surface area contributed by atoms with Gasteiger partial charge < -0.3 is 15.5 Å². The molecule has 0 aromatic carbocycles. The van der Waals surface area contributed by atoms with E-state index in [-0.39, 0.29) is 12.5 Å². The smallest absolute Gasteiger partial charge is 0.307 e. The molecule has 0 heterocycles. The van der Waals surface area contributed by atoms with E-state index in [4.69, 9.17) is 5.11 Å². The van der Waals surface area contributed by atoms with Crippen molar-refractivity contribution >= 4 is 11.9 Å². The average molecular weight is 257 g/mol. The topological polar surface area (TPSA) is 86.6 Å². The summed E-state index contributed by atoms with van der Waals surface area (Å²) < 4.78 is 0. The minimum atomic E-state index is -0.892. The molecule has 0 bridgehead atoms. The second-order valence-electron chi connectivity index (χ2n) is 5.40. The van der Waals surface area contributed by atoms with E-state index in [2.05, 4.69) is 5.32 Å². The van der Waals surface area contributed by atoms with Gasteiger partial charge in [0.1, 0.15) is 0 Å². The Morgan fingerprint density at radius 2 is 1.83 bits per heavy atom. The number of aliphatic hydroxyl groups excluding tert-OH is 1. The van der Waals surface area contributed by atoms with Gasteiger partial charge in [0.2, 0.25) is 5.91 Å². The number of carboxylic acid groups (broad SMARTS) is 1. The molecule has 1 aliphatic rings. The first-order chi connectivity index (χ1) is 8.43. The Hall–Kier alpha value is -1.10. The van der Waals surface area contributed by atoms with Crippen molar-refractivity contribution in [3.63, 3.8) is 0 Å². The number of aliphatic hydroxyl groups is 1. The summed E-state index contributed by atoms with van der Waals surface area (Å²) >= 11 is 0. The van der Waals surface area contributed by atoms with Crippen LogP contribution in [0.4, 0.5) is 0 Å². The number of hydrogen-bond acceptors (Lipinski definition) is 3. The summed E-state index contributed by atoms with van der Waals surface area (Å²) in [6.07, 6.45) is 3.55. The molecule has 0 radical (unpaired) electrons. The number of rotatable bonds is 5. The molecule has 0 spiro atoms. The number of aliphatic carboxylic acids is 1. The zero-order valence-electron chi connectivity index (χ0n) is 11.1. The quantitative estimate of drug-likeness (QED) is 0.689. The number of amides is 1. The molecular formula is C13H23NO4. The highest BCUT2D eigenvalue weighted by Crippen LogP contribution is 2.31. The third kappa shape index (κ3) is 3.45. The van der Waals surface area contributed by atoms with E-state index in [1.54, 1.807) is 6.92 Å². The summed E-state index contributed by atoms with van der Waals surface area (Å²) in [7, 11) is 0. The monoisotopic (exact) mass is 257 g/mol. The lowest BCUT2D eigenvalue weighted by molar-refractivity contribution is -0.149. The molecule has 1 amide bonds. The second kappa shape index (κ2) is 6.18. The number of nitrogens with one attached hydrogen (secondary N) is 1. The van der Waals surface area contributed by atoms with Gasteiger partial charge in [-0.15, -0.1) is 0 Å². The molecule has 1 rings (SSSR count). The van der Waals surface area contributed by atoms with Crippen molar-refractivity contribution < 1.29 is 19.8 Å². The largest absolute Gasteiger partial charge is 0.481 e. The molecule has 0 aliphatic heterocycles. The fraction of sp³-hybridized carbons (Fsp3) is 0.846. The fourth-order valence-corrected chi connectivity index (χ4v) is 2.37. The van der Waals surface area contributed by atoms with Gasteiger partial charge in [0.25, 0.3) is 0 Å². The molecule has 1 fully saturated rings. The van der Waals surface area contributed by atoms with Crippen molar-refractivity contribution in [2.75, 3.05) is 6.61 Å². The van der Waals surface area contributed by atoms with E-state index < -0.39 is 23.3 Å². The molecule has 5 heteroatoms. The van der Waals surface area contributed by atoms with E-state index in [1.807, 2.05) is 6.92 Å². The highest BCUT2D eigenvalue weighted by atomic mass is 16.4. The summed E-state index contributed by atoms with van der Waals surface area (Å²) in [5.74, 6) is -2.18. The lowest BCUT2D eigenvalue weighted by atomic mass is 9.78. The number of carbonyl (C=O) groups is 2. The van der Waals surface area contributed by atoms with Gasteiger partial charge in [-0.3, -0.25) is 9.59 Å². The van der Waals surface area contributed by atoms with Crippen molar-refractivity contribution in [3.8, 4) is 0 Å². The maximum Gasteiger partial charge on any atom is 0.307 e. The average Bonchev–Trinajstić information content (AvgIpc) is 2.38. The minimum Gasteiger partial charge on any atom is -0.481 e. The van der Waals surface area contributed by atoms with Crippen LogP contribution in [0.25, 0.3) is 0 Å². The number of carbonyl (C=O) groups excluding carboxylic acids is 1. The van der Waals surface area contributed by atoms with Crippen LogP contribution in [-0.4, -0.2) is 34.2 Å². The molecular weight excluding hydrogens is 234 g/mol. The molecule has 104 valence electrons. The van der Waals surface area contributed by atoms with Crippen LogP contribution in [0, 0.1) is 11.8 Å². The molecule has 3 atom stereocenters.